The number of H-pyrrole nitrogens is 1. The predicted octanol–water partition coefficient (Wildman–Crippen LogP) is 8.58. The molecule has 2 aliphatic rings. The number of hydrogen-bond donors (Lipinski definition) is 3. The van der Waals surface area contributed by atoms with Crippen molar-refractivity contribution < 1.29 is 24.2 Å². The number of aromatic nitrogens is 4. The van der Waals surface area contributed by atoms with Crippen LogP contribution in [0.1, 0.15) is 47.2 Å². The van der Waals surface area contributed by atoms with Gasteiger partial charge in [0.05, 0.1) is 58.2 Å². The number of ether oxygens (including phenoxy) is 2. The number of carbonyl (C=O) groups excluding carboxylic acids is 2. The number of aryl methyl sites for hydroxylation is 1. The number of aliphatic hydroxyl groups excluding tert-OH is 1. The third-order valence-corrected chi connectivity index (χ3v) is 17.9. The maximum Gasteiger partial charge on any atom is 0.264 e. The van der Waals surface area contributed by atoms with Crippen LogP contribution in [-0.4, -0.2) is 64.8 Å². The lowest BCUT2D eigenvalue weighted by Crippen LogP contribution is -2.51. The molecule has 0 saturated carbocycles. The quantitative estimate of drug-likeness (QED) is 0.0933. The fourth-order valence-corrected chi connectivity index (χ4v) is 14.4. The lowest BCUT2D eigenvalue weighted by molar-refractivity contribution is -0.146. The summed E-state index contributed by atoms with van der Waals surface area (Å²) < 4.78 is 14.7. The van der Waals surface area contributed by atoms with Gasteiger partial charge in [-0.3, -0.25) is 14.3 Å². The number of methoxy groups -OCH3 is 1. The van der Waals surface area contributed by atoms with Crippen molar-refractivity contribution in [2.24, 2.45) is 5.92 Å². The number of halogens is 1. The third kappa shape index (κ3) is 7.86. The van der Waals surface area contributed by atoms with E-state index in [1.165, 1.54) is 5.19 Å². The van der Waals surface area contributed by atoms with E-state index in [-0.39, 0.29) is 48.3 Å². The number of rotatable bonds is 14. The first-order valence-electron chi connectivity index (χ1n) is 21.4. The molecule has 0 radical (unpaired) electrons. The largest absolute Gasteiger partial charge is 0.497 e. The van der Waals surface area contributed by atoms with Gasteiger partial charge in [0.1, 0.15) is 5.75 Å². The monoisotopic (exact) mass is 878 g/mol. The highest BCUT2D eigenvalue weighted by Gasteiger charge is 2.66. The Morgan fingerprint density at radius 2 is 1.75 bits per heavy atom. The van der Waals surface area contributed by atoms with Gasteiger partial charge in [-0.1, -0.05) is 115 Å². The van der Waals surface area contributed by atoms with Crippen LogP contribution >= 0.6 is 11.6 Å². The SMILES string of the molecule is COc1ccc([Si](C)(C)[C@@H]2[C@@H](CCn3cc(C(CO)c4ccccc4)nn3)O[C@]3(C(=O)N(Cc4ccc(NC(=O)Cc5c[nH]c6ccccc56)cc4)c4ccc(Cl)cc43)[C@H]2C)cc1. The van der Waals surface area contributed by atoms with E-state index < -0.39 is 13.7 Å². The number of amides is 2. The first kappa shape index (κ1) is 42.3. The number of para-hydroxylation sites is 1. The topological polar surface area (TPSA) is 135 Å². The van der Waals surface area contributed by atoms with Crippen molar-refractivity contribution in [1.82, 2.24) is 20.0 Å². The Hall–Kier alpha value is -6.05. The maximum atomic E-state index is 15.4. The van der Waals surface area contributed by atoms with Crippen LogP contribution in [0.5, 0.6) is 5.75 Å². The summed E-state index contributed by atoms with van der Waals surface area (Å²) >= 11 is 6.77. The van der Waals surface area contributed by atoms with Gasteiger partial charge in [0.15, 0.2) is 5.60 Å². The van der Waals surface area contributed by atoms with Crippen LogP contribution in [0, 0.1) is 5.92 Å². The van der Waals surface area contributed by atoms with Crippen LogP contribution in [0.25, 0.3) is 10.9 Å². The zero-order valence-corrected chi connectivity index (χ0v) is 37.5. The minimum atomic E-state index is -2.42. The molecular weight excluding hydrogens is 828 g/mol. The molecule has 1 unspecified atom stereocenters. The van der Waals surface area contributed by atoms with E-state index in [2.05, 4.69) is 52.8 Å². The third-order valence-electron chi connectivity index (χ3n) is 13.3. The van der Waals surface area contributed by atoms with Crippen LogP contribution in [0.3, 0.4) is 0 Å². The number of anilines is 2. The summed E-state index contributed by atoms with van der Waals surface area (Å²) in [5, 5.41) is 25.2. The number of aromatic amines is 1. The number of hydrogen-bond acceptors (Lipinski definition) is 7. The Kier molecular flexibility index (Phi) is 11.6. The van der Waals surface area contributed by atoms with E-state index in [0.29, 0.717) is 35.9 Å². The van der Waals surface area contributed by atoms with Gasteiger partial charge >= 0.3 is 0 Å². The molecule has 7 aromatic rings. The number of aliphatic hydroxyl groups is 1. The molecule has 322 valence electrons. The second-order valence-corrected chi connectivity index (χ2v) is 22.5. The van der Waals surface area contributed by atoms with Gasteiger partial charge in [0.2, 0.25) is 5.91 Å². The van der Waals surface area contributed by atoms with E-state index in [1.807, 2.05) is 131 Å². The van der Waals surface area contributed by atoms with E-state index >= 15 is 4.79 Å². The van der Waals surface area contributed by atoms with Gasteiger partial charge < -0.3 is 29.8 Å². The number of nitrogens with zero attached hydrogens (tertiary/aromatic N) is 4. The summed E-state index contributed by atoms with van der Waals surface area (Å²) in [4.78, 5) is 33.6. The van der Waals surface area contributed by atoms with Crippen LogP contribution < -0.4 is 20.1 Å². The van der Waals surface area contributed by atoms with Crippen LogP contribution in [0.4, 0.5) is 11.4 Å². The van der Waals surface area contributed by atoms with Crippen molar-refractivity contribution in [2.75, 3.05) is 23.9 Å². The molecule has 1 spiro atoms. The molecule has 4 heterocycles. The van der Waals surface area contributed by atoms with Gasteiger partial charge in [0.25, 0.3) is 5.91 Å². The molecule has 1 fully saturated rings. The molecule has 13 heteroatoms. The van der Waals surface area contributed by atoms with Crippen LogP contribution in [0.15, 0.2) is 134 Å². The van der Waals surface area contributed by atoms with Crippen molar-refractivity contribution in [3.8, 4) is 5.75 Å². The van der Waals surface area contributed by atoms with Crippen molar-refractivity contribution in [1.29, 1.82) is 0 Å². The minimum absolute atomic E-state index is 0.00581. The second-order valence-electron chi connectivity index (χ2n) is 17.3. The summed E-state index contributed by atoms with van der Waals surface area (Å²) in [6.45, 7) is 7.61. The average molecular weight is 880 g/mol. The van der Waals surface area contributed by atoms with E-state index in [4.69, 9.17) is 21.1 Å². The average Bonchev–Trinajstić information content (AvgIpc) is 4.06. The highest BCUT2D eigenvalue weighted by Crippen LogP contribution is 2.60. The normalized spacial score (nSPS) is 20.1. The van der Waals surface area contributed by atoms with Crippen molar-refractivity contribution in [3.05, 3.63) is 167 Å². The zero-order valence-electron chi connectivity index (χ0n) is 35.8. The Morgan fingerprint density at radius 1 is 1.00 bits per heavy atom. The van der Waals surface area contributed by atoms with E-state index in [9.17, 15) is 9.90 Å². The molecule has 9 rings (SSSR count). The van der Waals surface area contributed by atoms with Crippen LogP contribution in [0.2, 0.25) is 23.7 Å². The van der Waals surface area contributed by atoms with Crippen molar-refractivity contribution in [3.63, 3.8) is 0 Å². The summed E-state index contributed by atoms with van der Waals surface area (Å²) in [5.74, 6) is 0.0377. The van der Waals surface area contributed by atoms with Gasteiger partial charge in [-0.25, -0.2) is 0 Å². The highest BCUT2D eigenvalue weighted by molar-refractivity contribution is 6.91. The van der Waals surface area contributed by atoms with E-state index in [1.54, 1.807) is 7.11 Å². The first-order valence-corrected chi connectivity index (χ1v) is 24.9. The molecule has 0 aliphatic carbocycles. The van der Waals surface area contributed by atoms with E-state index in [0.717, 1.165) is 44.6 Å². The number of nitrogens with one attached hydrogen (secondary N) is 2. The second kappa shape index (κ2) is 17.3. The molecule has 5 aromatic carbocycles. The Balaban J connectivity index is 0.990. The van der Waals surface area contributed by atoms with Crippen molar-refractivity contribution in [2.45, 2.75) is 69.1 Å². The first-order chi connectivity index (χ1) is 30.5. The predicted molar refractivity (Wildman–Crippen MR) is 249 cm³/mol. The molecule has 5 atom stereocenters. The fraction of sp³-hybridized carbons (Fsp3) is 0.280. The summed E-state index contributed by atoms with van der Waals surface area (Å²) in [6, 6.07) is 39.4. The summed E-state index contributed by atoms with van der Waals surface area (Å²) in [6.07, 6.45) is 4.29. The lowest BCUT2D eigenvalue weighted by atomic mass is 9.82. The Morgan fingerprint density at radius 3 is 2.49 bits per heavy atom. The molecule has 2 aromatic heterocycles. The highest BCUT2D eigenvalue weighted by atomic mass is 35.5. The zero-order chi connectivity index (χ0) is 43.9. The molecule has 2 aliphatic heterocycles. The summed E-state index contributed by atoms with van der Waals surface area (Å²) in [7, 11) is -0.748. The molecule has 1 saturated heterocycles. The van der Waals surface area contributed by atoms with Gasteiger partial charge in [0, 0.05) is 52.0 Å². The Bertz CT molecular complexity index is 2760. The van der Waals surface area contributed by atoms with Crippen LogP contribution in [-0.2, 0) is 39.4 Å². The Labute approximate surface area is 373 Å². The molecule has 63 heavy (non-hydrogen) atoms. The minimum Gasteiger partial charge on any atom is -0.497 e. The van der Waals surface area contributed by atoms with Gasteiger partial charge in [-0.05, 0) is 77.2 Å². The fourth-order valence-electron chi connectivity index (χ4n) is 10.1. The summed E-state index contributed by atoms with van der Waals surface area (Å²) in [5.41, 5.74) is 5.44. The lowest BCUT2D eigenvalue weighted by Gasteiger charge is -2.37. The van der Waals surface area contributed by atoms with Gasteiger partial charge in [-0.2, -0.15) is 0 Å². The molecule has 11 nitrogen and oxygen atoms in total. The number of benzene rings is 5. The van der Waals surface area contributed by atoms with Gasteiger partial charge in [-0.15, -0.1) is 5.10 Å². The number of carbonyl (C=O) groups is 2. The molecular formula is C50H51ClN6O5Si. The maximum absolute atomic E-state index is 15.4. The molecule has 3 N–H and O–H groups in total. The van der Waals surface area contributed by atoms with Crippen molar-refractivity contribution >= 4 is 59.0 Å². The number of fused-ring (bicyclic) bond motifs is 3. The standard InChI is InChI=1S/C50H51ClN6O5Si/c1-32-48(63(3,4)39-21-19-38(61-2)20-22-39)46(24-25-56-30-44(54-55-56)41(31-58)34-10-6-5-7-11-34)62-50(32)42-27-36(51)16-23-45(42)57(49(50)60)29-33-14-17-37(18-15-33)53-47(59)26-35-28-52-43-13-9-8-12-40(35)43/h5-23,27-28,30,32,41,46,48,52,58H,24-26,29,31H2,1-4H3,(H,53,59)/t32-,41?,46+,48-,50+/m0/s1. The molecule has 0 bridgehead atoms. The smallest absolute Gasteiger partial charge is 0.264 e. The molecule has 2 amide bonds.